The summed E-state index contributed by atoms with van der Waals surface area (Å²) in [6.07, 6.45) is 12.6. The van der Waals surface area contributed by atoms with Gasteiger partial charge in [-0.1, -0.05) is 50.0 Å². The topological polar surface area (TPSA) is 66.8 Å². The Balaban J connectivity index is 2.04. The van der Waals surface area contributed by atoms with E-state index in [1.807, 2.05) is 6.92 Å². The second-order valence-electron chi connectivity index (χ2n) is 9.84. The predicted molar refractivity (Wildman–Crippen MR) is 129 cm³/mol. The van der Waals surface area contributed by atoms with Gasteiger partial charge in [0, 0.05) is 11.5 Å². The normalized spacial score (nSPS) is 21.8. The van der Waals surface area contributed by atoms with Crippen LogP contribution in [-0.4, -0.2) is 22.3 Å². The number of hydrogen-bond donors (Lipinski definition) is 2. The number of allylic oxidation sites excluding steroid dienone is 3. The van der Waals surface area contributed by atoms with Gasteiger partial charge in [-0.15, -0.1) is 0 Å². The minimum Gasteiger partial charge on any atom is -0.507 e. The lowest BCUT2D eigenvalue weighted by molar-refractivity contribution is 0.0206. The standard InChI is InChI=1S/C28H40O4/c1-5-6-8-11-20-17-24(29)26(23-16-19(4)14-15-22(23)18(2)3)27(30)25(20)28(31)32-21-12-9-7-10-13-21/h16-17,21-23,29-30H,2,5-15H2,1,3-4H3/t22-,23+/m0/s1. The highest BCUT2D eigenvalue weighted by Gasteiger charge is 2.34. The SMILES string of the molecule is C=C(C)[C@@H]1CCC(C)=C[C@H]1c1c(O)cc(CCCCC)c(C(=O)OC2CCCCC2)c1O. The molecule has 1 aromatic carbocycles. The van der Waals surface area contributed by atoms with Crippen LogP contribution in [-0.2, 0) is 11.2 Å². The average Bonchev–Trinajstić information content (AvgIpc) is 2.74. The van der Waals surface area contributed by atoms with Crippen LogP contribution < -0.4 is 0 Å². The predicted octanol–water partition coefficient (Wildman–Crippen LogP) is 7.34. The molecule has 2 N–H and O–H groups in total. The smallest absolute Gasteiger partial charge is 0.342 e. The number of unbranched alkanes of at least 4 members (excludes halogenated alkanes) is 2. The van der Waals surface area contributed by atoms with E-state index < -0.39 is 5.97 Å². The number of rotatable bonds is 8. The molecule has 0 aliphatic heterocycles. The first-order valence-corrected chi connectivity index (χ1v) is 12.4. The molecule has 0 amide bonds. The van der Waals surface area contributed by atoms with E-state index in [4.69, 9.17) is 4.74 Å². The number of aryl methyl sites for hydroxylation is 1. The molecule has 0 unspecified atom stereocenters. The van der Waals surface area contributed by atoms with Crippen molar-refractivity contribution in [1.82, 2.24) is 0 Å². The van der Waals surface area contributed by atoms with Gasteiger partial charge >= 0.3 is 5.97 Å². The molecule has 4 nitrogen and oxygen atoms in total. The van der Waals surface area contributed by atoms with Crippen LogP contribution in [0.1, 0.15) is 112 Å². The largest absolute Gasteiger partial charge is 0.507 e. The molecule has 1 aromatic rings. The van der Waals surface area contributed by atoms with Crippen molar-refractivity contribution in [2.45, 2.75) is 103 Å². The Morgan fingerprint density at radius 2 is 1.88 bits per heavy atom. The molecule has 32 heavy (non-hydrogen) atoms. The van der Waals surface area contributed by atoms with Gasteiger partial charge in [-0.3, -0.25) is 0 Å². The lowest BCUT2D eigenvalue weighted by Crippen LogP contribution is -2.23. The average molecular weight is 441 g/mol. The molecule has 1 saturated carbocycles. The third-order valence-electron chi connectivity index (χ3n) is 7.19. The summed E-state index contributed by atoms with van der Waals surface area (Å²) in [4.78, 5) is 13.3. The first-order valence-electron chi connectivity index (χ1n) is 12.4. The first kappa shape index (κ1) is 24.4. The van der Waals surface area contributed by atoms with E-state index in [-0.39, 0.29) is 35.0 Å². The zero-order chi connectivity index (χ0) is 23.3. The van der Waals surface area contributed by atoms with Crippen LogP contribution >= 0.6 is 0 Å². The van der Waals surface area contributed by atoms with Crippen molar-refractivity contribution in [1.29, 1.82) is 0 Å². The van der Waals surface area contributed by atoms with Crippen molar-refractivity contribution in [3.63, 3.8) is 0 Å². The number of ether oxygens (including phenoxy) is 1. The van der Waals surface area contributed by atoms with Crippen LogP contribution in [0.4, 0.5) is 0 Å². The second-order valence-corrected chi connectivity index (χ2v) is 9.84. The summed E-state index contributed by atoms with van der Waals surface area (Å²) in [5.74, 6) is -0.591. The van der Waals surface area contributed by atoms with E-state index >= 15 is 0 Å². The molecule has 0 saturated heterocycles. The number of phenolic OH excluding ortho intramolecular Hbond substituents is 2. The Labute approximate surface area is 193 Å². The summed E-state index contributed by atoms with van der Waals surface area (Å²) in [6, 6.07) is 1.69. The molecular formula is C28H40O4. The molecule has 0 bridgehead atoms. The molecule has 1 fully saturated rings. The van der Waals surface area contributed by atoms with Gasteiger partial charge in [-0.05, 0) is 82.8 Å². The van der Waals surface area contributed by atoms with Crippen LogP contribution in [0.15, 0.2) is 29.9 Å². The summed E-state index contributed by atoms with van der Waals surface area (Å²) in [7, 11) is 0. The zero-order valence-electron chi connectivity index (χ0n) is 20.1. The lowest BCUT2D eigenvalue weighted by atomic mass is 9.73. The molecule has 3 rings (SSSR count). The van der Waals surface area contributed by atoms with E-state index in [0.29, 0.717) is 17.5 Å². The molecule has 2 atom stereocenters. The van der Waals surface area contributed by atoms with E-state index in [0.717, 1.165) is 63.4 Å². The molecule has 176 valence electrons. The quantitative estimate of drug-likeness (QED) is 0.252. The fraction of sp³-hybridized carbons (Fsp3) is 0.607. The fourth-order valence-corrected chi connectivity index (χ4v) is 5.34. The zero-order valence-corrected chi connectivity index (χ0v) is 20.1. The first-order chi connectivity index (χ1) is 15.3. The summed E-state index contributed by atoms with van der Waals surface area (Å²) in [5.41, 5.74) is 3.62. The van der Waals surface area contributed by atoms with Gasteiger partial charge in [0.05, 0.1) is 0 Å². The minimum absolute atomic E-state index is 0.0606. The third-order valence-corrected chi connectivity index (χ3v) is 7.19. The van der Waals surface area contributed by atoms with Crippen molar-refractivity contribution in [2.75, 3.05) is 0 Å². The molecule has 0 spiro atoms. The Hall–Kier alpha value is -2.23. The van der Waals surface area contributed by atoms with Crippen LogP contribution in [0.5, 0.6) is 11.5 Å². The number of phenols is 2. The van der Waals surface area contributed by atoms with Gasteiger partial charge in [0.25, 0.3) is 0 Å². The second kappa shape index (κ2) is 11.1. The maximum Gasteiger partial charge on any atom is 0.342 e. The van der Waals surface area contributed by atoms with Gasteiger partial charge < -0.3 is 14.9 Å². The monoisotopic (exact) mass is 440 g/mol. The number of carbonyl (C=O) groups excluding carboxylic acids is 1. The Morgan fingerprint density at radius 1 is 1.16 bits per heavy atom. The van der Waals surface area contributed by atoms with Crippen molar-refractivity contribution in [3.8, 4) is 11.5 Å². The number of hydrogen-bond acceptors (Lipinski definition) is 4. The van der Waals surface area contributed by atoms with Gasteiger partial charge in [0.2, 0.25) is 0 Å². The van der Waals surface area contributed by atoms with Gasteiger partial charge in [-0.2, -0.15) is 0 Å². The van der Waals surface area contributed by atoms with E-state index in [9.17, 15) is 15.0 Å². The van der Waals surface area contributed by atoms with Crippen LogP contribution in [0, 0.1) is 5.92 Å². The third kappa shape index (κ3) is 5.57. The van der Waals surface area contributed by atoms with Gasteiger partial charge in [0.1, 0.15) is 23.2 Å². The highest BCUT2D eigenvalue weighted by molar-refractivity contribution is 5.95. The molecule has 0 radical (unpaired) electrons. The van der Waals surface area contributed by atoms with Crippen molar-refractivity contribution < 1.29 is 19.7 Å². The number of benzene rings is 1. The summed E-state index contributed by atoms with van der Waals surface area (Å²) >= 11 is 0. The maximum atomic E-state index is 13.3. The minimum atomic E-state index is -0.453. The van der Waals surface area contributed by atoms with Crippen molar-refractivity contribution in [2.24, 2.45) is 5.92 Å². The number of carbonyl (C=O) groups is 1. The van der Waals surface area contributed by atoms with Crippen LogP contribution in [0.25, 0.3) is 0 Å². The fourth-order valence-electron chi connectivity index (χ4n) is 5.34. The molecule has 0 heterocycles. The Morgan fingerprint density at radius 3 is 2.53 bits per heavy atom. The Bertz CT molecular complexity index is 861. The molecule has 2 aliphatic carbocycles. The summed E-state index contributed by atoms with van der Waals surface area (Å²) < 4.78 is 5.87. The van der Waals surface area contributed by atoms with Crippen molar-refractivity contribution >= 4 is 5.97 Å². The highest BCUT2D eigenvalue weighted by atomic mass is 16.5. The van der Waals surface area contributed by atoms with Gasteiger partial charge in [-0.25, -0.2) is 4.79 Å². The summed E-state index contributed by atoms with van der Waals surface area (Å²) in [6.45, 7) is 10.4. The van der Waals surface area contributed by atoms with E-state index in [1.54, 1.807) is 6.07 Å². The number of aromatic hydroxyl groups is 2. The van der Waals surface area contributed by atoms with E-state index in [2.05, 4.69) is 26.5 Å². The number of esters is 1. The molecular weight excluding hydrogens is 400 g/mol. The molecule has 2 aliphatic rings. The van der Waals surface area contributed by atoms with Crippen LogP contribution in [0.3, 0.4) is 0 Å². The van der Waals surface area contributed by atoms with Crippen LogP contribution in [0.2, 0.25) is 0 Å². The van der Waals surface area contributed by atoms with E-state index in [1.165, 1.54) is 12.0 Å². The lowest BCUT2D eigenvalue weighted by Gasteiger charge is -2.32. The molecule has 4 heteroatoms. The molecule has 0 aromatic heterocycles. The Kier molecular flexibility index (Phi) is 8.44. The van der Waals surface area contributed by atoms with Crippen molar-refractivity contribution in [3.05, 3.63) is 46.6 Å². The van der Waals surface area contributed by atoms with Gasteiger partial charge in [0.15, 0.2) is 0 Å². The maximum absolute atomic E-state index is 13.3. The summed E-state index contributed by atoms with van der Waals surface area (Å²) in [5, 5.41) is 22.4. The highest BCUT2D eigenvalue weighted by Crippen LogP contribution is 2.48.